The molecule has 27 heavy (non-hydrogen) atoms. The summed E-state index contributed by atoms with van der Waals surface area (Å²) in [5, 5.41) is 7.06. The van der Waals surface area contributed by atoms with Crippen molar-refractivity contribution in [1.82, 2.24) is 10.2 Å². The molecule has 2 aromatic rings. The summed E-state index contributed by atoms with van der Waals surface area (Å²) in [5.74, 6) is 6.71. The van der Waals surface area contributed by atoms with Crippen molar-refractivity contribution in [2.24, 2.45) is 10.9 Å². The maximum atomic E-state index is 5.97. The van der Waals surface area contributed by atoms with Gasteiger partial charge in [0.2, 0.25) is 0 Å². The van der Waals surface area contributed by atoms with E-state index in [2.05, 4.69) is 45.6 Å². The predicted molar refractivity (Wildman–Crippen MR) is 109 cm³/mol. The number of nitrogens with zero attached hydrogens (tertiary/aromatic N) is 2. The highest BCUT2D eigenvalue weighted by Crippen LogP contribution is 2.23. The molecule has 0 saturated carbocycles. The van der Waals surface area contributed by atoms with E-state index in [1.807, 2.05) is 18.2 Å². The Morgan fingerprint density at radius 1 is 1.26 bits per heavy atom. The van der Waals surface area contributed by atoms with Gasteiger partial charge in [-0.05, 0) is 24.1 Å². The summed E-state index contributed by atoms with van der Waals surface area (Å²) in [6, 6.07) is 16.8. The molecule has 3 N–H and O–H groups in total. The van der Waals surface area contributed by atoms with Crippen molar-refractivity contribution in [3.05, 3.63) is 59.7 Å². The van der Waals surface area contributed by atoms with Crippen LogP contribution in [0.4, 0.5) is 0 Å². The van der Waals surface area contributed by atoms with E-state index in [1.165, 1.54) is 5.56 Å². The smallest absolute Gasteiger partial charge is 0.131 e. The fraction of sp³-hybridized carbons (Fsp3) is 0.381. The highest BCUT2D eigenvalue weighted by molar-refractivity contribution is 5.83. The summed E-state index contributed by atoms with van der Waals surface area (Å²) < 4.78 is 11.3. The van der Waals surface area contributed by atoms with Gasteiger partial charge in [0.05, 0.1) is 13.3 Å². The van der Waals surface area contributed by atoms with E-state index in [9.17, 15) is 0 Å². The molecule has 0 bridgehead atoms. The Balaban J connectivity index is 1.55. The summed E-state index contributed by atoms with van der Waals surface area (Å²) in [7, 11) is 1.63. The molecule has 3 rings (SSSR count). The number of hydrogen-bond donors (Lipinski definition) is 2. The van der Waals surface area contributed by atoms with Gasteiger partial charge in [0.25, 0.3) is 0 Å². The molecule has 1 aliphatic heterocycles. The molecule has 2 aromatic carbocycles. The normalized spacial score (nSPS) is 17.9. The Morgan fingerprint density at radius 3 is 2.89 bits per heavy atom. The van der Waals surface area contributed by atoms with Crippen LogP contribution in [0.5, 0.6) is 11.5 Å². The first-order chi connectivity index (χ1) is 13.3. The molecule has 6 nitrogen and oxygen atoms in total. The number of rotatable bonds is 8. The summed E-state index contributed by atoms with van der Waals surface area (Å²) in [6.45, 7) is 4.60. The summed E-state index contributed by atoms with van der Waals surface area (Å²) in [4.78, 5) is 2.51. The molecule has 1 aliphatic rings. The summed E-state index contributed by atoms with van der Waals surface area (Å²) in [5.41, 5.74) is 2.20. The minimum Gasteiger partial charge on any atom is -0.496 e. The number of benzene rings is 2. The van der Waals surface area contributed by atoms with Gasteiger partial charge < -0.3 is 20.6 Å². The Morgan fingerprint density at radius 2 is 2.11 bits per heavy atom. The van der Waals surface area contributed by atoms with Crippen molar-refractivity contribution < 1.29 is 9.47 Å². The molecule has 0 aliphatic carbocycles. The third-order valence-electron chi connectivity index (χ3n) is 4.85. The molecule has 6 heteroatoms. The number of nitrogens with two attached hydrogens (primary N) is 1. The van der Waals surface area contributed by atoms with Crippen LogP contribution in [0.1, 0.15) is 11.1 Å². The van der Waals surface area contributed by atoms with Gasteiger partial charge in [0.15, 0.2) is 0 Å². The van der Waals surface area contributed by atoms with Gasteiger partial charge in [-0.25, -0.2) is 0 Å². The maximum absolute atomic E-state index is 5.97. The van der Waals surface area contributed by atoms with Crippen molar-refractivity contribution in [3.8, 4) is 11.5 Å². The zero-order chi connectivity index (χ0) is 18.9. The molecular formula is C21H28N4O2. The van der Waals surface area contributed by atoms with Crippen LogP contribution >= 0.6 is 0 Å². The van der Waals surface area contributed by atoms with Gasteiger partial charge in [0.1, 0.15) is 18.1 Å². The van der Waals surface area contributed by atoms with Crippen LogP contribution in [0.2, 0.25) is 0 Å². The van der Waals surface area contributed by atoms with E-state index in [0.29, 0.717) is 18.4 Å². The van der Waals surface area contributed by atoms with Crippen molar-refractivity contribution in [3.63, 3.8) is 0 Å². The summed E-state index contributed by atoms with van der Waals surface area (Å²) >= 11 is 0. The topological polar surface area (TPSA) is 72.1 Å². The second-order valence-corrected chi connectivity index (χ2v) is 6.61. The van der Waals surface area contributed by atoms with Crippen LogP contribution in [0.15, 0.2) is 53.6 Å². The summed E-state index contributed by atoms with van der Waals surface area (Å²) in [6.07, 6.45) is 2.62. The lowest BCUT2D eigenvalue weighted by Crippen LogP contribution is -2.53. The molecule has 0 radical (unpaired) electrons. The first-order valence-corrected chi connectivity index (χ1v) is 9.33. The first-order valence-electron chi connectivity index (χ1n) is 9.33. The molecule has 0 amide bonds. The van der Waals surface area contributed by atoms with Gasteiger partial charge >= 0.3 is 0 Å². The van der Waals surface area contributed by atoms with E-state index in [0.717, 1.165) is 43.9 Å². The highest BCUT2D eigenvalue weighted by atomic mass is 16.5. The van der Waals surface area contributed by atoms with Gasteiger partial charge in [-0.1, -0.05) is 30.3 Å². The zero-order valence-corrected chi connectivity index (χ0v) is 15.8. The molecule has 1 heterocycles. The Bertz CT molecular complexity index is 736. The van der Waals surface area contributed by atoms with Gasteiger partial charge in [-0.15, -0.1) is 0 Å². The van der Waals surface area contributed by atoms with Crippen molar-refractivity contribution in [1.29, 1.82) is 0 Å². The lowest BCUT2D eigenvalue weighted by atomic mass is 10.0. The number of methoxy groups -OCH3 is 1. The molecule has 144 valence electrons. The maximum Gasteiger partial charge on any atom is 0.131 e. The number of nitrogens with one attached hydrogen (secondary N) is 1. The third kappa shape index (κ3) is 5.45. The van der Waals surface area contributed by atoms with Gasteiger partial charge in [-0.2, -0.15) is 5.10 Å². The van der Waals surface area contributed by atoms with Gasteiger partial charge in [0, 0.05) is 43.9 Å². The largest absolute Gasteiger partial charge is 0.496 e. The minimum absolute atomic E-state index is 0.488. The SMILES string of the molecule is COc1cc(OCCN2CCNCC2Cc2ccccc2)ccc1C=NN. The van der Waals surface area contributed by atoms with Crippen LogP contribution < -0.4 is 20.6 Å². The molecule has 0 aromatic heterocycles. The molecule has 1 saturated heterocycles. The van der Waals surface area contributed by atoms with Crippen molar-refractivity contribution in [2.75, 3.05) is 39.9 Å². The van der Waals surface area contributed by atoms with Crippen LogP contribution in [0, 0.1) is 0 Å². The molecule has 1 fully saturated rings. The van der Waals surface area contributed by atoms with Crippen molar-refractivity contribution in [2.45, 2.75) is 12.5 Å². The second-order valence-electron chi connectivity index (χ2n) is 6.61. The van der Waals surface area contributed by atoms with Crippen LogP contribution in [-0.4, -0.2) is 57.1 Å². The Hall–Kier alpha value is -2.57. The lowest BCUT2D eigenvalue weighted by Gasteiger charge is -2.36. The fourth-order valence-electron chi connectivity index (χ4n) is 3.43. The van der Waals surface area contributed by atoms with Crippen LogP contribution in [0.3, 0.4) is 0 Å². The zero-order valence-electron chi connectivity index (χ0n) is 15.8. The monoisotopic (exact) mass is 368 g/mol. The van der Waals surface area contributed by atoms with E-state index < -0.39 is 0 Å². The minimum atomic E-state index is 0.488. The number of ether oxygens (including phenoxy) is 2. The average molecular weight is 368 g/mol. The fourth-order valence-corrected chi connectivity index (χ4v) is 3.43. The molecular weight excluding hydrogens is 340 g/mol. The molecule has 1 atom stereocenters. The van der Waals surface area contributed by atoms with Crippen LogP contribution in [0.25, 0.3) is 0 Å². The predicted octanol–water partition coefficient (Wildman–Crippen LogP) is 1.88. The third-order valence-corrected chi connectivity index (χ3v) is 4.85. The average Bonchev–Trinajstić information content (AvgIpc) is 2.71. The van der Waals surface area contributed by atoms with E-state index in [-0.39, 0.29) is 0 Å². The lowest BCUT2D eigenvalue weighted by molar-refractivity contribution is 0.133. The number of hydrazone groups is 1. The van der Waals surface area contributed by atoms with Crippen LogP contribution in [-0.2, 0) is 6.42 Å². The molecule has 1 unspecified atom stereocenters. The highest BCUT2D eigenvalue weighted by Gasteiger charge is 2.22. The number of hydrogen-bond acceptors (Lipinski definition) is 6. The quantitative estimate of drug-likeness (QED) is 0.423. The Labute approximate surface area is 161 Å². The first kappa shape index (κ1) is 19.2. The van der Waals surface area contributed by atoms with E-state index in [1.54, 1.807) is 13.3 Å². The standard InChI is InChI=1S/C21H28N4O2/c1-26-21-14-20(8-7-18(21)15-24-22)27-12-11-25-10-9-23-16-19(25)13-17-5-3-2-4-6-17/h2-8,14-15,19,23H,9-13,16,22H2,1H3. The second kappa shape index (κ2) is 9.94. The van der Waals surface area contributed by atoms with Gasteiger partial charge in [-0.3, -0.25) is 4.90 Å². The van der Waals surface area contributed by atoms with Crippen molar-refractivity contribution >= 4 is 6.21 Å². The van der Waals surface area contributed by atoms with E-state index in [4.69, 9.17) is 15.3 Å². The van der Waals surface area contributed by atoms with E-state index >= 15 is 0 Å². The molecule has 0 spiro atoms. The number of piperazine rings is 1. The Kier molecular flexibility index (Phi) is 7.07.